The van der Waals surface area contributed by atoms with E-state index < -0.39 is 28.7 Å². The van der Waals surface area contributed by atoms with Gasteiger partial charge in [-0.25, -0.2) is 4.79 Å². The molecule has 5 unspecified atom stereocenters. The lowest BCUT2D eigenvalue weighted by molar-refractivity contribution is -0.165. The zero-order valence-electron chi connectivity index (χ0n) is 17.2. The first-order valence-electron chi connectivity index (χ1n) is 9.55. The van der Waals surface area contributed by atoms with Crippen LogP contribution in [-0.4, -0.2) is 34.0 Å². The van der Waals surface area contributed by atoms with Crippen LogP contribution in [0.3, 0.4) is 0 Å². The van der Waals surface area contributed by atoms with E-state index in [0.717, 1.165) is 5.57 Å². The molecular formula is C22H30O6. The summed E-state index contributed by atoms with van der Waals surface area (Å²) in [4.78, 5) is 35.0. The van der Waals surface area contributed by atoms with Crippen LogP contribution in [0, 0.1) is 22.7 Å². The number of aliphatic hydroxyl groups is 1. The number of hydrogen-bond donors (Lipinski definition) is 2. The fraction of sp³-hybridized carbons (Fsp3) is 0.591. The summed E-state index contributed by atoms with van der Waals surface area (Å²) in [5.74, 6) is -2.39. The Morgan fingerprint density at radius 3 is 2.50 bits per heavy atom. The Morgan fingerprint density at radius 1 is 1.36 bits per heavy atom. The molecule has 2 rings (SSSR count). The van der Waals surface area contributed by atoms with Gasteiger partial charge in [-0.05, 0) is 49.5 Å². The van der Waals surface area contributed by atoms with Crippen LogP contribution in [0.2, 0.25) is 0 Å². The SMILES string of the molecule is C=C1C(=O)C(O)=CC2C1(C)CC(OC(C)=O)C(C)C2(C)CCC(C)=CC(=O)O. The van der Waals surface area contributed by atoms with E-state index in [9.17, 15) is 19.5 Å². The molecule has 28 heavy (non-hydrogen) atoms. The van der Waals surface area contributed by atoms with E-state index in [-0.39, 0.29) is 23.6 Å². The van der Waals surface area contributed by atoms with Crippen molar-refractivity contribution in [1.82, 2.24) is 0 Å². The highest BCUT2D eigenvalue weighted by Crippen LogP contribution is 2.61. The average molecular weight is 390 g/mol. The number of fused-ring (bicyclic) bond motifs is 1. The fourth-order valence-electron chi connectivity index (χ4n) is 4.98. The molecule has 0 aliphatic heterocycles. The molecule has 2 N–H and O–H groups in total. The monoisotopic (exact) mass is 390 g/mol. The smallest absolute Gasteiger partial charge is 0.328 e. The molecule has 0 bridgehead atoms. The van der Waals surface area contributed by atoms with Crippen LogP contribution in [-0.2, 0) is 19.1 Å². The molecule has 0 aromatic heterocycles. The lowest BCUT2D eigenvalue weighted by Gasteiger charge is -2.58. The van der Waals surface area contributed by atoms with E-state index >= 15 is 0 Å². The third-order valence-electron chi connectivity index (χ3n) is 6.89. The van der Waals surface area contributed by atoms with E-state index in [2.05, 4.69) is 13.5 Å². The number of ketones is 1. The molecule has 2 aliphatic rings. The minimum atomic E-state index is -0.990. The molecule has 5 atom stereocenters. The topological polar surface area (TPSA) is 101 Å². The Hall–Kier alpha value is -2.37. The van der Waals surface area contributed by atoms with Gasteiger partial charge in [-0.15, -0.1) is 0 Å². The van der Waals surface area contributed by atoms with Gasteiger partial charge in [-0.1, -0.05) is 32.9 Å². The van der Waals surface area contributed by atoms with Crippen LogP contribution < -0.4 is 0 Å². The predicted molar refractivity (Wildman–Crippen MR) is 105 cm³/mol. The molecule has 154 valence electrons. The summed E-state index contributed by atoms with van der Waals surface area (Å²) in [7, 11) is 0. The second-order valence-electron chi connectivity index (χ2n) is 8.73. The highest BCUT2D eigenvalue weighted by molar-refractivity contribution is 6.08. The van der Waals surface area contributed by atoms with Crippen molar-refractivity contribution in [3.05, 3.63) is 35.6 Å². The maximum Gasteiger partial charge on any atom is 0.328 e. The number of allylic oxidation sites excluding steroid dienone is 3. The number of Topliss-reactive ketones (excluding diaryl/α,β-unsaturated/α-hetero) is 1. The number of carbonyl (C=O) groups excluding carboxylic acids is 2. The van der Waals surface area contributed by atoms with Gasteiger partial charge < -0.3 is 14.9 Å². The predicted octanol–water partition coefficient (Wildman–Crippen LogP) is 3.98. The molecule has 0 aromatic rings. The maximum atomic E-state index is 12.4. The van der Waals surface area contributed by atoms with Gasteiger partial charge in [0, 0.05) is 24.0 Å². The van der Waals surface area contributed by atoms with Crippen LogP contribution in [0.1, 0.15) is 53.9 Å². The van der Waals surface area contributed by atoms with E-state index in [0.29, 0.717) is 24.8 Å². The molecule has 1 saturated carbocycles. The maximum absolute atomic E-state index is 12.4. The van der Waals surface area contributed by atoms with Crippen molar-refractivity contribution in [3.8, 4) is 0 Å². The average Bonchev–Trinajstić information content (AvgIpc) is 2.58. The highest BCUT2D eigenvalue weighted by Gasteiger charge is 2.59. The largest absolute Gasteiger partial charge is 0.504 e. The molecule has 0 heterocycles. The summed E-state index contributed by atoms with van der Waals surface area (Å²) in [5.41, 5.74) is -0.0466. The summed E-state index contributed by atoms with van der Waals surface area (Å²) < 4.78 is 5.61. The number of rotatable bonds is 5. The van der Waals surface area contributed by atoms with Crippen molar-refractivity contribution in [1.29, 1.82) is 0 Å². The molecule has 6 nitrogen and oxygen atoms in total. The number of carboxylic acids is 1. The zero-order valence-corrected chi connectivity index (χ0v) is 17.2. The normalized spacial score (nSPS) is 35.8. The molecule has 0 spiro atoms. The lowest BCUT2D eigenvalue weighted by atomic mass is 9.46. The number of hydrogen-bond acceptors (Lipinski definition) is 5. The van der Waals surface area contributed by atoms with E-state index in [4.69, 9.17) is 9.84 Å². The standard InChI is InChI=1S/C22H30O6/c1-12(9-19(25)26)7-8-21(5)13(2)17(28-15(4)23)11-22(6)14(3)20(27)16(24)10-18(21)22/h9-10,13,17-18,24H,3,7-8,11H2,1-2,4-6H3,(H,25,26). The number of carboxylic acid groups (broad SMARTS) is 1. The molecule has 1 fully saturated rings. The Labute approximate surface area is 166 Å². The first-order valence-corrected chi connectivity index (χ1v) is 9.55. The van der Waals surface area contributed by atoms with Gasteiger partial charge in [-0.3, -0.25) is 9.59 Å². The van der Waals surface area contributed by atoms with Crippen LogP contribution in [0.5, 0.6) is 0 Å². The third-order valence-corrected chi connectivity index (χ3v) is 6.89. The summed E-state index contributed by atoms with van der Waals surface area (Å²) in [6.45, 7) is 13.1. The minimum absolute atomic E-state index is 0.0582. The Bertz CT molecular complexity index is 776. The summed E-state index contributed by atoms with van der Waals surface area (Å²) >= 11 is 0. The van der Waals surface area contributed by atoms with Gasteiger partial charge in [0.15, 0.2) is 5.76 Å². The van der Waals surface area contributed by atoms with Gasteiger partial charge in [0.1, 0.15) is 6.10 Å². The van der Waals surface area contributed by atoms with E-state index in [1.54, 1.807) is 13.0 Å². The van der Waals surface area contributed by atoms with Crippen LogP contribution in [0.25, 0.3) is 0 Å². The summed E-state index contributed by atoms with van der Waals surface area (Å²) in [6.07, 6.45) is 4.02. The number of esters is 1. The number of aliphatic hydroxyl groups excluding tert-OH is 1. The van der Waals surface area contributed by atoms with Gasteiger partial charge >= 0.3 is 11.9 Å². The third kappa shape index (κ3) is 3.77. The first kappa shape index (κ1) is 21.9. The summed E-state index contributed by atoms with van der Waals surface area (Å²) in [6, 6.07) is 0. The van der Waals surface area contributed by atoms with Gasteiger partial charge in [0.05, 0.1) is 0 Å². The van der Waals surface area contributed by atoms with Crippen LogP contribution >= 0.6 is 0 Å². The molecular weight excluding hydrogens is 360 g/mol. The van der Waals surface area contributed by atoms with E-state index in [1.807, 2.05) is 13.8 Å². The van der Waals surface area contributed by atoms with Crippen molar-refractivity contribution >= 4 is 17.7 Å². The van der Waals surface area contributed by atoms with Crippen LogP contribution in [0.4, 0.5) is 0 Å². The van der Waals surface area contributed by atoms with Crippen LogP contribution in [0.15, 0.2) is 35.6 Å². The molecule has 6 heteroatoms. The lowest BCUT2D eigenvalue weighted by Crippen LogP contribution is -2.56. The second kappa shape index (κ2) is 7.57. The quantitative estimate of drug-likeness (QED) is 0.544. The molecule has 2 aliphatic carbocycles. The summed E-state index contributed by atoms with van der Waals surface area (Å²) in [5, 5.41) is 19.2. The first-order chi connectivity index (χ1) is 12.8. The van der Waals surface area contributed by atoms with Crippen molar-refractivity contribution in [2.75, 3.05) is 0 Å². The Balaban J connectivity index is 2.51. The number of aliphatic carboxylic acids is 1. The van der Waals surface area contributed by atoms with E-state index in [1.165, 1.54) is 13.0 Å². The Kier molecular flexibility index (Phi) is 5.93. The van der Waals surface area contributed by atoms with Gasteiger partial charge in [0.2, 0.25) is 5.78 Å². The number of ether oxygens (including phenoxy) is 1. The molecule has 0 radical (unpaired) electrons. The number of carbonyl (C=O) groups is 3. The van der Waals surface area contributed by atoms with Gasteiger partial charge in [0.25, 0.3) is 0 Å². The molecule has 0 amide bonds. The highest BCUT2D eigenvalue weighted by atomic mass is 16.5. The Morgan fingerprint density at radius 2 is 1.96 bits per heavy atom. The second-order valence-corrected chi connectivity index (χ2v) is 8.73. The molecule has 0 aromatic carbocycles. The van der Waals surface area contributed by atoms with Crippen molar-refractivity contribution < 1.29 is 29.3 Å². The zero-order chi connectivity index (χ0) is 21.4. The minimum Gasteiger partial charge on any atom is -0.504 e. The molecule has 0 saturated heterocycles. The van der Waals surface area contributed by atoms with Crippen molar-refractivity contribution in [2.45, 2.75) is 60.0 Å². The van der Waals surface area contributed by atoms with Crippen molar-refractivity contribution in [3.63, 3.8) is 0 Å². The van der Waals surface area contributed by atoms with Crippen molar-refractivity contribution in [2.24, 2.45) is 22.7 Å². The fourth-order valence-corrected chi connectivity index (χ4v) is 4.98. The van der Waals surface area contributed by atoms with Gasteiger partial charge in [-0.2, -0.15) is 0 Å².